The van der Waals surface area contributed by atoms with Gasteiger partial charge in [0, 0.05) is 6.42 Å². The second-order valence-corrected chi connectivity index (χ2v) is 7.14. The molecule has 6 nitrogen and oxygen atoms in total. The van der Waals surface area contributed by atoms with Gasteiger partial charge in [-0.25, -0.2) is 0 Å². The first-order valence-corrected chi connectivity index (χ1v) is 9.30. The number of carbonyl (C=O) groups is 2. The molecule has 0 unspecified atom stereocenters. The minimum atomic E-state index is -4.60. The van der Waals surface area contributed by atoms with E-state index in [1.54, 1.807) is 0 Å². The Balaban J connectivity index is 1.60. The van der Waals surface area contributed by atoms with Crippen LogP contribution in [0, 0.1) is 0 Å². The van der Waals surface area contributed by atoms with Gasteiger partial charge in [-0.05, 0) is 17.7 Å². The van der Waals surface area contributed by atoms with Crippen molar-refractivity contribution in [3.05, 3.63) is 65.7 Å². The summed E-state index contributed by atoms with van der Waals surface area (Å²) >= 11 is 0.995. The van der Waals surface area contributed by atoms with Crippen molar-refractivity contribution in [3.8, 4) is 0 Å². The minimum Gasteiger partial charge on any atom is -0.325 e. The van der Waals surface area contributed by atoms with E-state index in [1.807, 2.05) is 30.3 Å². The number of nitrogens with one attached hydrogen (secondary N) is 2. The first-order chi connectivity index (χ1) is 13.8. The Morgan fingerprint density at radius 2 is 1.83 bits per heavy atom. The maximum absolute atomic E-state index is 13.0. The van der Waals surface area contributed by atoms with E-state index in [0.717, 1.165) is 29.5 Å². The van der Waals surface area contributed by atoms with Crippen LogP contribution in [0.1, 0.15) is 17.5 Å². The van der Waals surface area contributed by atoms with Gasteiger partial charge < -0.3 is 10.6 Å². The summed E-state index contributed by atoms with van der Waals surface area (Å²) in [6.45, 7) is 0. The van der Waals surface area contributed by atoms with Crippen molar-refractivity contribution >= 4 is 40.6 Å². The van der Waals surface area contributed by atoms with Crippen LogP contribution in [-0.2, 0) is 15.8 Å². The van der Waals surface area contributed by atoms with Crippen LogP contribution in [-0.4, -0.2) is 28.4 Å². The standard InChI is InChI=1S/C19H15F3N4O2S/c20-19(21,22)13-8-4-5-9-14(13)24-16(27)10-15-17(28)25-18(29-15)26-23-11-12-6-2-1-3-7-12/h1-9,11,15H,10H2,(H,24,27)(H,25,26,28)/t15-/m0/s1. The Labute approximate surface area is 168 Å². The fraction of sp³-hybridized carbons (Fsp3) is 0.158. The number of hydrogen-bond acceptors (Lipinski definition) is 5. The number of rotatable bonds is 5. The molecule has 150 valence electrons. The smallest absolute Gasteiger partial charge is 0.325 e. The molecule has 1 heterocycles. The molecule has 1 aliphatic rings. The lowest BCUT2D eigenvalue weighted by Gasteiger charge is -2.14. The van der Waals surface area contributed by atoms with Gasteiger partial charge in [-0.3, -0.25) is 9.59 Å². The summed E-state index contributed by atoms with van der Waals surface area (Å²) in [4.78, 5) is 24.2. The van der Waals surface area contributed by atoms with Gasteiger partial charge in [0.1, 0.15) is 5.25 Å². The number of halogens is 3. The Morgan fingerprint density at radius 1 is 1.14 bits per heavy atom. The molecule has 3 rings (SSSR count). The van der Waals surface area contributed by atoms with E-state index in [-0.39, 0.29) is 17.3 Å². The highest BCUT2D eigenvalue weighted by Gasteiger charge is 2.35. The van der Waals surface area contributed by atoms with Gasteiger partial charge in [0.15, 0.2) is 5.17 Å². The molecule has 2 amide bonds. The second kappa shape index (κ2) is 8.91. The zero-order chi connectivity index (χ0) is 20.9. The van der Waals surface area contributed by atoms with Gasteiger partial charge in [0.2, 0.25) is 11.8 Å². The summed E-state index contributed by atoms with van der Waals surface area (Å²) in [6.07, 6.45) is -3.39. The number of alkyl halides is 3. The summed E-state index contributed by atoms with van der Waals surface area (Å²) < 4.78 is 39.0. The molecular weight excluding hydrogens is 405 g/mol. The molecule has 1 aliphatic heterocycles. The molecule has 1 saturated heterocycles. The molecule has 0 aromatic heterocycles. The van der Waals surface area contributed by atoms with Crippen molar-refractivity contribution in [1.82, 2.24) is 5.32 Å². The molecule has 0 radical (unpaired) electrons. The van der Waals surface area contributed by atoms with Crippen LogP contribution in [0.15, 0.2) is 64.8 Å². The average Bonchev–Trinajstić information content (AvgIpc) is 3.01. The molecule has 0 spiro atoms. The largest absolute Gasteiger partial charge is 0.418 e. The predicted octanol–water partition coefficient (Wildman–Crippen LogP) is 3.66. The molecule has 10 heteroatoms. The monoisotopic (exact) mass is 420 g/mol. The van der Waals surface area contributed by atoms with E-state index in [9.17, 15) is 22.8 Å². The van der Waals surface area contributed by atoms with E-state index < -0.39 is 28.8 Å². The van der Waals surface area contributed by atoms with E-state index in [2.05, 4.69) is 20.8 Å². The molecular formula is C19H15F3N4O2S. The third-order valence-electron chi connectivity index (χ3n) is 3.81. The van der Waals surface area contributed by atoms with Crippen molar-refractivity contribution in [3.63, 3.8) is 0 Å². The van der Waals surface area contributed by atoms with Crippen LogP contribution in [0.4, 0.5) is 18.9 Å². The van der Waals surface area contributed by atoms with Crippen LogP contribution >= 0.6 is 11.8 Å². The summed E-state index contributed by atoms with van der Waals surface area (Å²) in [6, 6.07) is 13.9. The highest BCUT2D eigenvalue weighted by atomic mass is 32.2. The summed E-state index contributed by atoms with van der Waals surface area (Å²) in [5.74, 6) is -1.16. The van der Waals surface area contributed by atoms with Crippen molar-refractivity contribution in [2.45, 2.75) is 17.8 Å². The zero-order valence-corrected chi connectivity index (χ0v) is 15.6. The first kappa shape index (κ1) is 20.6. The zero-order valence-electron chi connectivity index (χ0n) is 14.8. The number of nitrogens with zero attached hydrogens (tertiary/aromatic N) is 2. The van der Waals surface area contributed by atoms with Crippen LogP contribution in [0.2, 0.25) is 0 Å². The van der Waals surface area contributed by atoms with E-state index >= 15 is 0 Å². The number of carbonyl (C=O) groups excluding carboxylic acids is 2. The first-order valence-electron chi connectivity index (χ1n) is 8.42. The average molecular weight is 420 g/mol. The van der Waals surface area contributed by atoms with Crippen LogP contribution in [0.5, 0.6) is 0 Å². The van der Waals surface area contributed by atoms with Gasteiger partial charge in [-0.15, -0.1) is 5.10 Å². The Hall–Kier alpha value is -3.14. The summed E-state index contributed by atoms with van der Waals surface area (Å²) in [5.41, 5.74) is -0.477. The Morgan fingerprint density at radius 3 is 2.55 bits per heavy atom. The Kier molecular flexibility index (Phi) is 6.32. The normalized spacial score (nSPS) is 18.2. The third kappa shape index (κ3) is 5.67. The molecule has 0 bridgehead atoms. The van der Waals surface area contributed by atoms with Crippen molar-refractivity contribution < 1.29 is 22.8 Å². The number of hydrogen-bond donors (Lipinski definition) is 2. The number of para-hydroxylation sites is 1. The fourth-order valence-corrected chi connectivity index (χ4v) is 3.41. The quantitative estimate of drug-likeness (QED) is 0.572. The molecule has 0 saturated carbocycles. The molecule has 1 fully saturated rings. The van der Waals surface area contributed by atoms with Crippen LogP contribution in [0.25, 0.3) is 0 Å². The highest BCUT2D eigenvalue weighted by Crippen LogP contribution is 2.34. The van der Waals surface area contributed by atoms with Crippen LogP contribution < -0.4 is 10.6 Å². The molecule has 1 atom stereocenters. The van der Waals surface area contributed by atoms with E-state index in [0.29, 0.717) is 0 Å². The Bertz CT molecular complexity index is 961. The lowest BCUT2D eigenvalue weighted by molar-refractivity contribution is -0.137. The van der Waals surface area contributed by atoms with Crippen molar-refractivity contribution in [2.75, 3.05) is 5.32 Å². The van der Waals surface area contributed by atoms with E-state index in [1.165, 1.54) is 18.3 Å². The predicted molar refractivity (Wildman–Crippen MR) is 106 cm³/mol. The van der Waals surface area contributed by atoms with Gasteiger partial charge in [-0.1, -0.05) is 54.2 Å². The number of amides is 2. The van der Waals surface area contributed by atoms with Gasteiger partial charge in [0.05, 0.1) is 17.5 Å². The number of anilines is 1. The van der Waals surface area contributed by atoms with Crippen LogP contribution in [0.3, 0.4) is 0 Å². The lowest BCUT2D eigenvalue weighted by atomic mass is 10.1. The summed E-state index contributed by atoms with van der Waals surface area (Å²) in [5, 5.41) is 11.9. The number of benzene rings is 2. The number of amidine groups is 1. The maximum Gasteiger partial charge on any atom is 0.418 e. The van der Waals surface area contributed by atoms with Gasteiger partial charge in [0.25, 0.3) is 0 Å². The third-order valence-corrected chi connectivity index (χ3v) is 4.88. The highest BCUT2D eigenvalue weighted by molar-refractivity contribution is 8.15. The molecule has 29 heavy (non-hydrogen) atoms. The number of thioether (sulfide) groups is 1. The van der Waals surface area contributed by atoms with E-state index in [4.69, 9.17) is 0 Å². The fourth-order valence-electron chi connectivity index (χ4n) is 2.48. The van der Waals surface area contributed by atoms with Gasteiger partial charge >= 0.3 is 6.18 Å². The minimum absolute atomic E-state index is 0.218. The molecule has 2 aromatic rings. The van der Waals surface area contributed by atoms with Gasteiger partial charge in [-0.2, -0.15) is 18.3 Å². The maximum atomic E-state index is 13.0. The SMILES string of the molecule is O=C(C[C@@H]1SC(=NN=Cc2ccccc2)NC1=O)Nc1ccccc1C(F)(F)F. The lowest BCUT2D eigenvalue weighted by Crippen LogP contribution is -2.28. The molecule has 2 aromatic carbocycles. The molecule has 2 N–H and O–H groups in total. The summed E-state index contributed by atoms with van der Waals surface area (Å²) in [7, 11) is 0. The molecule has 0 aliphatic carbocycles. The topological polar surface area (TPSA) is 82.9 Å². The van der Waals surface area contributed by atoms with Crippen molar-refractivity contribution in [2.24, 2.45) is 10.2 Å². The van der Waals surface area contributed by atoms with Crippen molar-refractivity contribution in [1.29, 1.82) is 0 Å². The second-order valence-electron chi connectivity index (χ2n) is 5.95.